The summed E-state index contributed by atoms with van der Waals surface area (Å²) < 4.78 is 5.79. The summed E-state index contributed by atoms with van der Waals surface area (Å²) in [4.78, 5) is 0. The minimum atomic E-state index is -0.193. The summed E-state index contributed by atoms with van der Waals surface area (Å²) in [6, 6.07) is 10.6. The van der Waals surface area contributed by atoms with E-state index >= 15 is 0 Å². The summed E-state index contributed by atoms with van der Waals surface area (Å²) >= 11 is 6.62. The van der Waals surface area contributed by atoms with Crippen LogP contribution < -0.4 is 0 Å². The lowest BCUT2D eigenvalue weighted by atomic mass is 9.97. The van der Waals surface area contributed by atoms with Crippen LogP contribution in [0.5, 0.6) is 0 Å². The fourth-order valence-corrected chi connectivity index (χ4v) is 2.62. The lowest BCUT2D eigenvalue weighted by molar-refractivity contribution is 0.474. The fraction of sp³-hybridized carbons (Fsp3) is 0.412. The first kappa shape index (κ1) is 14.2. The normalized spacial score (nSPS) is 12.6. The molecule has 0 aliphatic rings. The van der Waals surface area contributed by atoms with Gasteiger partial charge in [-0.15, -0.1) is 11.6 Å². The zero-order chi connectivity index (χ0) is 13.8. The van der Waals surface area contributed by atoms with Crippen molar-refractivity contribution in [2.75, 3.05) is 0 Å². The van der Waals surface area contributed by atoms with Gasteiger partial charge in [-0.05, 0) is 41.7 Å². The summed E-state index contributed by atoms with van der Waals surface area (Å²) in [5.41, 5.74) is 3.80. The van der Waals surface area contributed by atoms with E-state index in [1.165, 1.54) is 16.7 Å². The Kier molecular flexibility index (Phi) is 4.71. The molecule has 102 valence electrons. The largest absolute Gasteiger partial charge is 0.464 e. The van der Waals surface area contributed by atoms with E-state index in [1.807, 2.05) is 12.1 Å². The predicted octanol–water partition coefficient (Wildman–Crippen LogP) is 5.30. The molecule has 0 amide bonds. The number of halogens is 1. The number of aryl methyl sites for hydroxylation is 3. The van der Waals surface area contributed by atoms with Gasteiger partial charge in [0.15, 0.2) is 0 Å². The molecule has 0 saturated heterocycles. The van der Waals surface area contributed by atoms with Crippen LogP contribution in [0.4, 0.5) is 0 Å². The monoisotopic (exact) mass is 276 g/mol. The van der Waals surface area contributed by atoms with E-state index in [1.54, 1.807) is 0 Å². The summed E-state index contributed by atoms with van der Waals surface area (Å²) in [6.07, 6.45) is 2.92. The zero-order valence-electron chi connectivity index (χ0n) is 11.9. The third kappa shape index (κ3) is 3.03. The Bertz CT molecular complexity index is 542. The van der Waals surface area contributed by atoms with E-state index in [0.29, 0.717) is 0 Å². The minimum Gasteiger partial charge on any atom is -0.464 e. The Hall–Kier alpha value is -1.21. The molecule has 0 fully saturated rings. The Morgan fingerprint density at radius 1 is 1.00 bits per heavy atom. The maximum absolute atomic E-state index is 6.62. The van der Waals surface area contributed by atoms with Crippen LogP contribution in [-0.4, -0.2) is 0 Å². The van der Waals surface area contributed by atoms with Crippen molar-refractivity contribution in [3.63, 3.8) is 0 Å². The number of furan rings is 1. The van der Waals surface area contributed by atoms with E-state index in [4.69, 9.17) is 16.0 Å². The van der Waals surface area contributed by atoms with Crippen LogP contribution in [0.2, 0.25) is 0 Å². The summed E-state index contributed by atoms with van der Waals surface area (Å²) in [7, 11) is 0. The molecule has 0 bridgehead atoms. The van der Waals surface area contributed by atoms with Gasteiger partial charge in [-0.25, -0.2) is 0 Å². The van der Waals surface area contributed by atoms with E-state index in [2.05, 4.69) is 39.0 Å². The van der Waals surface area contributed by atoms with Gasteiger partial charge in [-0.2, -0.15) is 0 Å². The lowest BCUT2D eigenvalue weighted by Crippen LogP contribution is -1.99. The second-order valence-corrected chi connectivity index (χ2v) is 5.20. The van der Waals surface area contributed by atoms with Gasteiger partial charge in [-0.1, -0.05) is 39.0 Å². The van der Waals surface area contributed by atoms with Crippen LogP contribution in [0.15, 0.2) is 34.7 Å². The molecule has 1 aromatic carbocycles. The average Bonchev–Trinajstić information content (AvgIpc) is 2.94. The quantitative estimate of drug-likeness (QED) is 0.676. The first-order valence-corrected chi connectivity index (χ1v) is 7.47. The van der Waals surface area contributed by atoms with Gasteiger partial charge in [0, 0.05) is 6.42 Å². The van der Waals surface area contributed by atoms with Gasteiger partial charge in [0.1, 0.15) is 16.9 Å². The number of rotatable bonds is 5. The van der Waals surface area contributed by atoms with Crippen molar-refractivity contribution in [3.8, 4) is 0 Å². The third-order valence-electron chi connectivity index (χ3n) is 3.55. The molecule has 1 nitrogen and oxygen atoms in total. The van der Waals surface area contributed by atoms with Crippen molar-refractivity contribution in [3.05, 3.63) is 58.5 Å². The number of hydrogen-bond acceptors (Lipinski definition) is 1. The highest BCUT2D eigenvalue weighted by Gasteiger charge is 2.18. The van der Waals surface area contributed by atoms with Gasteiger partial charge in [-0.3, -0.25) is 0 Å². The Morgan fingerprint density at radius 3 is 2.37 bits per heavy atom. The second-order valence-electron chi connectivity index (χ2n) is 4.76. The van der Waals surface area contributed by atoms with Gasteiger partial charge < -0.3 is 4.42 Å². The highest BCUT2D eigenvalue weighted by Crippen LogP contribution is 2.33. The van der Waals surface area contributed by atoms with Crippen LogP contribution in [0, 0.1) is 0 Å². The highest BCUT2D eigenvalue weighted by atomic mass is 35.5. The first-order valence-electron chi connectivity index (χ1n) is 7.03. The van der Waals surface area contributed by atoms with Crippen LogP contribution in [-0.2, 0) is 19.3 Å². The Balaban J connectivity index is 2.38. The zero-order valence-corrected chi connectivity index (χ0v) is 12.6. The fourth-order valence-electron chi connectivity index (χ4n) is 2.30. The van der Waals surface area contributed by atoms with Crippen LogP contribution in [0.3, 0.4) is 0 Å². The van der Waals surface area contributed by atoms with Crippen molar-refractivity contribution >= 4 is 11.6 Å². The van der Waals surface area contributed by atoms with Crippen molar-refractivity contribution in [1.29, 1.82) is 0 Å². The molecule has 2 rings (SSSR count). The molecule has 1 aromatic heterocycles. The van der Waals surface area contributed by atoms with Crippen molar-refractivity contribution in [2.24, 2.45) is 0 Å². The Labute approximate surface area is 120 Å². The lowest BCUT2D eigenvalue weighted by Gasteiger charge is -2.14. The van der Waals surface area contributed by atoms with Gasteiger partial charge >= 0.3 is 0 Å². The number of hydrogen-bond donors (Lipinski definition) is 0. The molecule has 0 saturated carbocycles. The molecule has 0 aliphatic heterocycles. The van der Waals surface area contributed by atoms with Crippen LogP contribution in [0.1, 0.15) is 54.4 Å². The van der Waals surface area contributed by atoms with Crippen molar-refractivity contribution in [2.45, 2.75) is 45.4 Å². The predicted molar refractivity (Wildman–Crippen MR) is 81.0 cm³/mol. The van der Waals surface area contributed by atoms with Crippen LogP contribution >= 0.6 is 11.6 Å². The summed E-state index contributed by atoms with van der Waals surface area (Å²) in [6.45, 7) is 6.41. The second kappa shape index (κ2) is 6.29. The average molecular weight is 277 g/mol. The van der Waals surface area contributed by atoms with Gasteiger partial charge in [0.2, 0.25) is 0 Å². The maximum atomic E-state index is 6.62. The standard InChI is InChI=1S/C17H21ClO/c1-4-12-7-8-13(5-2)15(11-12)17(18)16-10-9-14(6-3)19-16/h7-11,17H,4-6H2,1-3H3. The molecule has 0 N–H and O–H groups in total. The topological polar surface area (TPSA) is 13.1 Å². The maximum Gasteiger partial charge on any atom is 0.126 e. The molecular weight excluding hydrogens is 256 g/mol. The Morgan fingerprint density at radius 2 is 1.79 bits per heavy atom. The van der Waals surface area contributed by atoms with E-state index in [0.717, 1.165) is 30.8 Å². The van der Waals surface area contributed by atoms with E-state index in [-0.39, 0.29) is 5.38 Å². The minimum absolute atomic E-state index is 0.193. The molecule has 1 unspecified atom stereocenters. The highest BCUT2D eigenvalue weighted by molar-refractivity contribution is 6.22. The molecule has 1 atom stereocenters. The van der Waals surface area contributed by atoms with Gasteiger partial charge in [0.05, 0.1) is 0 Å². The summed E-state index contributed by atoms with van der Waals surface area (Å²) in [5.74, 6) is 1.84. The van der Waals surface area contributed by atoms with Crippen molar-refractivity contribution < 1.29 is 4.42 Å². The van der Waals surface area contributed by atoms with E-state index in [9.17, 15) is 0 Å². The molecule has 19 heavy (non-hydrogen) atoms. The molecular formula is C17H21ClO. The first-order chi connectivity index (χ1) is 9.19. The molecule has 0 radical (unpaired) electrons. The third-order valence-corrected chi connectivity index (χ3v) is 4.00. The number of alkyl halides is 1. The van der Waals surface area contributed by atoms with Crippen molar-refractivity contribution in [1.82, 2.24) is 0 Å². The summed E-state index contributed by atoms with van der Waals surface area (Å²) in [5, 5.41) is -0.193. The molecule has 1 heterocycles. The molecule has 0 spiro atoms. The molecule has 0 aliphatic carbocycles. The molecule has 2 heteroatoms. The smallest absolute Gasteiger partial charge is 0.126 e. The van der Waals surface area contributed by atoms with E-state index < -0.39 is 0 Å². The van der Waals surface area contributed by atoms with Crippen LogP contribution in [0.25, 0.3) is 0 Å². The SMILES string of the molecule is CCc1ccc(CC)c(C(Cl)c2ccc(CC)o2)c1. The van der Waals surface area contributed by atoms with Gasteiger partial charge in [0.25, 0.3) is 0 Å². The number of benzene rings is 1. The molecule has 2 aromatic rings.